The van der Waals surface area contributed by atoms with Gasteiger partial charge in [0.25, 0.3) is 11.0 Å². The highest BCUT2D eigenvalue weighted by Gasteiger charge is 2.09. The Balaban J connectivity index is 3.80. The minimum Gasteiger partial charge on any atom is -0.267 e. The fourth-order valence-electron chi connectivity index (χ4n) is 0.359. The Morgan fingerprint density at radius 1 is 1.50 bits per heavy atom. The van der Waals surface area contributed by atoms with E-state index in [1.165, 1.54) is 6.92 Å². The molecule has 0 spiro atoms. The molecule has 0 heterocycles. The van der Waals surface area contributed by atoms with Crippen molar-refractivity contribution < 1.29 is 29.8 Å². The minimum absolute atomic E-state index is 0.553. The van der Waals surface area contributed by atoms with E-state index in [-0.39, 0.29) is 0 Å². The first-order chi connectivity index (χ1) is 5.31. The summed E-state index contributed by atoms with van der Waals surface area (Å²) in [4.78, 5) is 0. The summed E-state index contributed by atoms with van der Waals surface area (Å²) in [6, 6.07) is 0. The Kier molecular flexibility index (Phi) is 4.63. The second-order valence-corrected chi connectivity index (χ2v) is 3.60. The van der Waals surface area contributed by atoms with Gasteiger partial charge in [-0.1, -0.05) is 0 Å². The van der Waals surface area contributed by atoms with Crippen LogP contribution in [0.3, 0.4) is 0 Å². The lowest BCUT2D eigenvalue weighted by Crippen LogP contribution is -2.18. The van der Waals surface area contributed by atoms with E-state index < -0.39 is 34.1 Å². The third-order valence-corrected chi connectivity index (χ3v) is 1.68. The maximum absolute atomic E-state index is 9.95. The van der Waals surface area contributed by atoms with E-state index in [0.29, 0.717) is 0 Å². The van der Waals surface area contributed by atoms with Gasteiger partial charge in [-0.2, -0.15) is 8.42 Å². The van der Waals surface area contributed by atoms with Crippen molar-refractivity contribution in [3.63, 3.8) is 0 Å². The van der Waals surface area contributed by atoms with Gasteiger partial charge in [0.1, 0.15) is 0 Å². The van der Waals surface area contributed by atoms with Gasteiger partial charge in [-0.3, -0.25) is 8.74 Å². The summed E-state index contributed by atoms with van der Waals surface area (Å²) in [5.41, 5.74) is 0. The molecule has 0 fully saturated rings. The van der Waals surface area contributed by atoms with Gasteiger partial charge in [0.2, 0.25) is 0 Å². The second kappa shape index (κ2) is 4.72. The predicted molar refractivity (Wildman–Crippen MR) is 38.4 cm³/mol. The quantitative estimate of drug-likeness (QED) is 0.439. The summed E-state index contributed by atoms with van der Waals surface area (Å²) in [7, 11) is -7.58. The summed E-state index contributed by atoms with van der Waals surface area (Å²) >= 11 is 0. The Bertz CT molecular complexity index is 280. The molecule has 74 valence electrons. The molecule has 1 unspecified atom stereocenters. The smallest absolute Gasteiger partial charge is 0.267 e. The minimum atomic E-state index is -4.53. The molecule has 0 aliphatic rings. The predicted octanol–water partition coefficient (Wildman–Crippen LogP) is -1.26. The first-order valence-electron chi connectivity index (χ1n) is 2.74. The molecular formula is C3H8O7S2. The van der Waals surface area contributed by atoms with Gasteiger partial charge < -0.3 is 0 Å². The van der Waals surface area contributed by atoms with Gasteiger partial charge in [-0.15, -0.1) is 0 Å². The molecule has 0 aromatic carbocycles. The highest BCUT2D eigenvalue weighted by Crippen LogP contribution is 1.94. The van der Waals surface area contributed by atoms with Crippen LogP contribution in [0.25, 0.3) is 0 Å². The zero-order valence-corrected chi connectivity index (χ0v) is 7.75. The van der Waals surface area contributed by atoms with Crippen LogP contribution in [0.1, 0.15) is 6.92 Å². The number of rotatable bonds is 5. The molecule has 9 heteroatoms. The van der Waals surface area contributed by atoms with E-state index in [0.717, 1.165) is 0 Å². The van der Waals surface area contributed by atoms with Crippen LogP contribution in [-0.4, -0.2) is 34.1 Å². The van der Waals surface area contributed by atoms with Crippen molar-refractivity contribution in [2.24, 2.45) is 0 Å². The average Bonchev–Trinajstić information content (AvgIpc) is 1.80. The molecule has 0 aliphatic carbocycles. The van der Waals surface area contributed by atoms with Crippen molar-refractivity contribution in [2.75, 3.05) is 6.61 Å². The highest BCUT2D eigenvalue weighted by molar-refractivity contribution is 7.80. The highest BCUT2D eigenvalue weighted by atomic mass is 32.3. The van der Waals surface area contributed by atoms with Crippen molar-refractivity contribution in [2.45, 2.75) is 13.0 Å². The van der Waals surface area contributed by atoms with E-state index in [4.69, 9.17) is 4.55 Å². The summed E-state index contributed by atoms with van der Waals surface area (Å²) in [5, 5.41) is 0. The van der Waals surface area contributed by atoms with Crippen molar-refractivity contribution >= 4 is 21.4 Å². The monoisotopic (exact) mass is 220 g/mol. The van der Waals surface area contributed by atoms with E-state index in [1.54, 1.807) is 0 Å². The first-order valence-corrected chi connectivity index (χ1v) is 5.20. The molecule has 7 nitrogen and oxygen atoms in total. The summed E-state index contributed by atoms with van der Waals surface area (Å²) in [6.07, 6.45) is -0.951. The molecule has 12 heavy (non-hydrogen) atoms. The summed E-state index contributed by atoms with van der Waals surface area (Å²) < 4.78 is 55.6. The van der Waals surface area contributed by atoms with Crippen molar-refractivity contribution in [3.8, 4) is 0 Å². The Morgan fingerprint density at radius 3 is 2.33 bits per heavy atom. The van der Waals surface area contributed by atoms with Crippen molar-refractivity contribution in [1.82, 2.24) is 0 Å². The van der Waals surface area contributed by atoms with E-state index in [9.17, 15) is 16.8 Å². The standard InChI is InChI=1S/C3H8O7S2/c1-3(10-11(4)5)2-9-12(6,7)8/h3,11H,2H2,1H3,(H,6,7,8). The first kappa shape index (κ1) is 11.8. The van der Waals surface area contributed by atoms with Gasteiger partial charge >= 0.3 is 10.4 Å². The zero-order valence-electron chi connectivity index (χ0n) is 6.04. The molecule has 0 bridgehead atoms. The third kappa shape index (κ3) is 7.88. The molecular weight excluding hydrogens is 212 g/mol. The molecule has 0 saturated heterocycles. The van der Waals surface area contributed by atoms with Crippen LogP contribution in [0, 0.1) is 0 Å². The zero-order chi connectivity index (χ0) is 9.78. The molecule has 0 aromatic heterocycles. The average molecular weight is 220 g/mol. The van der Waals surface area contributed by atoms with Gasteiger partial charge in [0.05, 0.1) is 12.7 Å². The molecule has 0 amide bonds. The lowest BCUT2D eigenvalue weighted by Gasteiger charge is -2.05. The van der Waals surface area contributed by atoms with Crippen molar-refractivity contribution in [3.05, 3.63) is 0 Å². The molecule has 0 saturated carbocycles. The lowest BCUT2D eigenvalue weighted by molar-refractivity contribution is 0.146. The van der Waals surface area contributed by atoms with Gasteiger partial charge in [-0.05, 0) is 6.92 Å². The summed E-state index contributed by atoms with van der Waals surface area (Å²) in [6.45, 7) is 0.721. The van der Waals surface area contributed by atoms with Crippen LogP contribution in [0.15, 0.2) is 0 Å². The van der Waals surface area contributed by atoms with Crippen LogP contribution in [0.2, 0.25) is 0 Å². The van der Waals surface area contributed by atoms with E-state index in [2.05, 4.69) is 8.37 Å². The van der Waals surface area contributed by atoms with Gasteiger partial charge in [0.15, 0.2) is 0 Å². The van der Waals surface area contributed by atoms with Crippen LogP contribution < -0.4 is 0 Å². The van der Waals surface area contributed by atoms with Crippen LogP contribution >= 0.6 is 0 Å². The lowest BCUT2D eigenvalue weighted by atomic mass is 10.5. The molecule has 0 aliphatic heterocycles. The molecule has 0 rings (SSSR count). The SMILES string of the molecule is CC(COS(=O)(=O)O)O[SH](=O)=O. The molecule has 1 atom stereocenters. The van der Waals surface area contributed by atoms with Crippen LogP contribution in [-0.2, 0) is 29.8 Å². The largest absolute Gasteiger partial charge is 0.397 e. The fraction of sp³-hybridized carbons (Fsp3) is 1.00. The van der Waals surface area contributed by atoms with Gasteiger partial charge in [-0.25, -0.2) is 12.6 Å². The van der Waals surface area contributed by atoms with Crippen LogP contribution in [0.5, 0.6) is 0 Å². The topological polar surface area (TPSA) is 107 Å². The maximum atomic E-state index is 9.95. The number of thiol groups is 1. The Hall–Kier alpha value is -0.220. The number of hydrogen-bond acceptors (Lipinski definition) is 6. The molecule has 0 aromatic rings. The second-order valence-electron chi connectivity index (χ2n) is 1.85. The summed E-state index contributed by atoms with van der Waals surface area (Å²) in [5.74, 6) is 0. The number of hydrogen-bond donors (Lipinski definition) is 2. The molecule has 1 N–H and O–H groups in total. The Labute approximate surface area is 71.4 Å². The van der Waals surface area contributed by atoms with Crippen LogP contribution in [0.4, 0.5) is 0 Å². The van der Waals surface area contributed by atoms with Gasteiger partial charge in [0, 0.05) is 0 Å². The normalized spacial score (nSPS) is 14.9. The Morgan fingerprint density at radius 2 is 2.00 bits per heavy atom. The fourth-order valence-corrected chi connectivity index (χ4v) is 1.08. The molecule has 0 radical (unpaired) electrons. The maximum Gasteiger partial charge on any atom is 0.397 e. The van der Waals surface area contributed by atoms with E-state index >= 15 is 0 Å². The van der Waals surface area contributed by atoms with Crippen molar-refractivity contribution in [1.29, 1.82) is 0 Å². The third-order valence-electron chi connectivity index (χ3n) is 0.718. The van der Waals surface area contributed by atoms with E-state index in [1.807, 2.05) is 0 Å².